The minimum atomic E-state index is -0.570. The molecule has 2 aromatic heterocycles. The van der Waals surface area contributed by atoms with Gasteiger partial charge in [0.1, 0.15) is 5.82 Å². The van der Waals surface area contributed by atoms with Gasteiger partial charge < -0.3 is 4.57 Å². The number of rotatable bonds is 5. The van der Waals surface area contributed by atoms with Crippen molar-refractivity contribution in [1.82, 2.24) is 18.7 Å². The molecule has 164 valence electrons. The van der Waals surface area contributed by atoms with Crippen molar-refractivity contribution in [2.45, 2.75) is 19.5 Å². The normalized spacial score (nSPS) is 12.2. The Morgan fingerprint density at radius 3 is 2.30 bits per heavy atom. The average Bonchev–Trinajstić information content (AvgIpc) is 3.27. The van der Waals surface area contributed by atoms with Gasteiger partial charge >= 0.3 is 5.69 Å². The van der Waals surface area contributed by atoms with Gasteiger partial charge in [-0.3, -0.25) is 9.36 Å². The van der Waals surface area contributed by atoms with E-state index in [9.17, 15) is 14.0 Å². The molecule has 7 heteroatoms. The van der Waals surface area contributed by atoms with Gasteiger partial charge in [-0.25, -0.2) is 18.7 Å². The van der Waals surface area contributed by atoms with E-state index >= 15 is 0 Å². The molecule has 6 nitrogen and oxygen atoms in total. The van der Waals surface area contributed by atoms with E-state index in [1.165, 1.54) is 27.3 Å². The Kier molecular flexibility index (Phi) is 5.22. The van der Waals surface area contributed by atoms with Gasteiger partial charge in [0.05, 0.1) is 24.6 Å². The summed E-state index contributed by atoms with van der Waals surface area (Å²) in [6.07, 6.45) is 1.56. The zero-order valence-electron chi connectivity index (χ0n) is 17.9. The maximum atomic E-state index is 14.1. The Morgan fingerprint density at radius 2 is 1.61 bits per heavy atom. The van der Waals surface area contributed by atoms with Crippen molar-refractivity contribution in [3.63, 3.8) is 0 Å². The first kappa shape index (κ1) is 20.6. The van der Waals surface area contributed by atoms with Crippen LogP contribution in [0.2, 0.25) is 0 Å². The molecule has 0 aliphatic heterocycles. The summed E-state index contributed by atoms with van der Waals surface area (Å²) in [4.78, 5) is 31.6. The van der Waals surface area contributed by atoms with E-state index in [1.807, 2.05) is 67.6 Å². The molecule has 5 aromatic rings. The number of nitrogens with zero attached hydrogens (tertiary/aromatic N) is 4. The second-order valence-corrected chi connectivity index (χ2v) is 7.89. The van der Waals surface area contributed by atoms with Crippen LogP contribution in [0, 0.1) is 5.82 Å². The maximum absolute atomic E-state index is 14.1. The highest BCUT2D eigenvalue weighted by Gasteiger charge is 2.22. The second-order valence-electron chi connectivity index (χ2n) is 7.89. The van der Waals surface area contributed by atoms with Crippen molar-refractivity contribution in [1.29, 1.82) is 0 Å². The molecule has 33 heavy (non-hydrogen) atoms. The zero-order chi connectivity index (χ0) is 22.9. The molecule has 0 unspecified atom stereocenters. The summed E-state index contributed by atoms with van der Waals surface area (Å²) in [5, 5.41) is 0. The first-order chi connectivity index (χ1) is 16.0. The SMILES string of the molecule is C[C@@H](c1ccccc1)n1cnc2c1c(=O)n(Cc1ccccc1)c(=O)n2-c1cccc(F)c1. The van der Waals surface area contributed by atoms with E-state index in [0.29, 0.717) is 5.69 Å². The lowest BCUT2D eigenvalue weighted by Crippen LogP contribution is -2.40. The Bertz CT molecular complexity index is 1550. The van der Waals surface area contributed by atoms with Crippen LogP contribution in [0.4, 0.5) is 4.39 Å². The van der Waals surface area contributed by atoms with Gasteiger partial charge in [-0.05, 0) is 36.2 Å². The molecule has 0 saturated heterocycles. The van der Waals surface area contributed by atoms with Gasteiger partial charge in [0.25, 0.3) is 5.56 Å². The summed E-state index contributed by atoms with van der Waals surface area (Å²) < 4.78 is 18.3. The standard InChI is InChI=1S/C26H21FN4O2/c1-18(20-11-6-3-7-12-20)30-17-28-24-23(30)25(32)29(16-19-9-4-2-5-10-19)26(33)31(24)22-14-8-13-21(27)15-22/h2-15,17-18H,16H2,1H3/t18-/m0/s1. The second kappa shape index (κ2) is 8.35. The van der Waals surface area contributed by atoms with E-state index in [1.54, 1.807) is 17.0 Å². The minimum Gasteiger partial charge on any atom is -0.317 e. The average molecular weight is 440 g/mol. The summed E-state index contributed by atoms with van der Waals surface area (Å²) in [5.74, 6) is -0.481. The molecule has 0 N–H and O–H groups in total. The number of aromatic nitrogens is 4. The predicted octanol–water partition coefficient (Wildman–Crippen LogP) is 4.15. The summed E-state index contributed by atoms with van der Waals surface area (Å²) in [5.41, 5.74) is 1.59. The van der Waals surface area contributed by atoms with Crippen molar-refractivity contribution in [2.24, 2.45) is 0 Å². The molecule has 0 amide bonds. The van der Waals surface area contributed by atoms with Crippen LogP contribution in [0.15, 0.2) is 101 Å². The van der Waals surface area contributed by atoms with Crippen molar-refractivity contribution in [2.75, 3.05) is 0 Å². The number of benzene rings is 3. The van der Waals surface area contributed by atoms with Crippen LogP contribution in [0.25, 0.3) is 16.9 Å². The van der Waals surface area contributed by atoms with Crippen molar-refractivity contribution in [3.05, 3.63) is 129 Å². The molecule has 5 rings (SSSR count). The molecule has 1 atom stereocenters. The highest BCUT2D eigenvalue weighted by atomic mass is 19.1. The molecular formula is C26H21FN4O2. The summed E-state index contributed by atoms with van der Waals surface area (Å²) in [7, 11) is 0. The molecule has 3 aromatic carbocycles. The molecular weight excluding hydrogens is 419 g/mol. The smallest absolute Gasteiger partial charge is 0.317 e. The number of hydrogen-bond donors (Lipinski definition) is 0. The summed E-state index contributed by atoms with van der Waals surface area (Å²) >= 11 is 0. The van der Waals surface area contributed by atoms with Crippen LogP contribution in [-0.2, 0) is 6.54 Å². The van der Waals surface area contributed by atoms with Crippen molar-refractivity contribution in [3.8, 4) is 5.69 Å². The highest BCUT2D eigenvalue weighted by Crippen LogP contribution is 2.22. The molecule has 0 aliphatic rings. The van der Waals surface area contributed by atoms with E-state index in [0.717, 1.165) is 11.1 Å². The molecule has 0 bridgehead atoms. The van der Waals surface area contributed by atoms with Crippen LogP contribution < -0.4 is 11.2 Å². The predicted molar refractivity (Wildman–Crippen MR) is 125 cm³/mol. The van der Waals surface area contributed by atoms with Crippen LogP contribution in [0.5, 0.6) is 0 Å². The molecule has 0 fully saturated rings. The first-order valence-electron chi connectivity index (χ1n) is 10.6. The van der Waals surface area contributed by atoms with Crippen molar-refractivity contribution >= 4 is 11.2 Å². The van der Waals surface area contributed by atoms with Crippen LogP contribution in [-0.4, -0.2) is 18.7 Å². The number of halogens is 1. The third kappa shape index (κ3) is 3.67. The Morgan fingerprint density at radius 1 is 0.909 bits per heavy atom. The molecule has 0 saturated carbocycles. The quantitative estimate of drug-likeness (QED) is 0.413. The molecule has 0 aliphatic carbocycles. The topological polar surface area (TPSA) is 61.8 Å². The lowest BCUT2D eigenvalue weighted by atomic mass is 10.1. The van der Waals surface area contributed by atoms with E-state index in [2.05, 4.69) is 4.98 Å². The monoisotopic (exact) mass is 440 g/mol. The largest absolute Gasteiger partial charge is 0.337 e. The van der Waals surface area contributed by atoms with Gasteiger partial charge in [-0.2, -0.15) is 0 Å². The first-order valence-corrected chi connectivity index (χ1v) is 10.6. The minimum absolute atomic E-state index is 0.0919. The third-order valence-electron chi connectivity index (χ3n) is 5.81. The highest BCUT2D eigenvalue weighted by molar-refractivity contribution is 5.73. The zero-order valence-corrected chi connectivity index (χ0v) is 17.9. The van der Waals surface area contributed by atoms with Gasteiger partial charge in [0, 0.05) is 0 Å². The van der Waals surface area contributed by atoms with Gasteiger partial charge in [-0.15, -0.1) is 0 Å². The van der Waals surface area contributed by atoms with Crippen LogP contribution >= 0.6 is 0 Å². The lowest BCUT2D eigenvalue weighted by Gasteiger charge is -2.16. The Balaban J connectivity index is 1.81. The van der Waals surface area contributed by atoms with Gasteiger partial charge in [-0.1, -0.05) is 66.7 Å². The Labute approximate surface area is 188 Å². The molecule has 0 spiro atoms. The maximum Gasteiger partial charge on any atom is 0.337 e. The number of hydrogen-bond acceptors (Lipinski definition) is 3. The van der Waals surface area contributed by atoms with Crippen LogP contribution in [0.3, 0.4) is 0 Å². The summed E-state index contributed by atoms with van der Waals surface area (Å²) in [6, 6.07) is 24.5. The summed E-state index contributed by atoms with van der Waals surface area (Å²) in [6.45, 7) is 2.06. The van der Waals surface area contributed by atoms with E-state index in [-0.39, 0.29) is 23.8 Å². The lowest BCUT2D eigenvalue weighted by molar-refractivity contribution is 0.623. The molecule has 0 radical (unpaired) electrons. The Hall–Kier alpha value is -4.26. The fraction of sp³-hybridized carbons (Fsp3) is 0.115. The number of imidazole rings is 1. The fourth-order valence-corrected chi connectivity index (χ4v) is 4.09. The van der Waals surface area contributed by atoms with Crippen LogP contribution in [0.1, 0.15) is 24.1 Å². The van der Waals surface area contributed by atoms with Gasteiger partial charge in [0.15, 0.2) is 11.2 Å². The number of fused-ring (bicyclic) bond motifs is 1. The van der Waals surface area contributed by atoms with E-state index < -0.39 is 17.1 Å². The fourth-order valence-electron chi connectivity index (χ4n) is 4.09. The third-order valence-corrected chi connectivity index (χ3v) is 5.81. The molecule has 2 heterocycles. The van der Waals surface area contributed by atoms with E-state index in [4.69, 9.17) is 0 Å². The van der Waals surface area contributed by atoms with Crippen molar-refractivity contribution < 1.29 is 4.39 Å². The van der Waals surface area contributed by atoms with Gasteiger partial charge in [0.2, 0.25) is 0 Å².